The summed E-state index contributed by atoms with van der Waals surface area (Å²) < 4.78 is 36.4. The largest absolute Gasteiger partial charge is 0.477 e. The van der Waals surface area contributed by atoms with E-state index in [-0.39, 0.29) is 16.0 Å². The topological polar surface area (TPSA) is 106 Å². The Morgan fingerprint density at radius 2 is 1.93 bits per heavy atom. The number of nitrogens with zero attached hydrogens (tertiary/aromatic N) is 4. The molecule has 2 fully saturated rings. The molecule has 218 valence electrons. The number of amides is 1. The van der Waals surface area contributed by atoms with Crippen molar-refractivity contribution < 1.29 is 17.9 Å². The third-order valence-electron chi connectivity index (χ3n) is 8.94. The molecule has 2 aliphatic heterocycles. The summed E-state index contributed by atoms with van der Waals surface area (Å²) >= 11 is 0. The van der Waals surface area contributed by atoms with Gasteiger partial charge in [0.05, 0.1) is 17.1 Å². The number of benzene rings is 1. The molecule has 9 nitrogen and oxygen atoms in total. The van der Waals surface area contributed by atoms with Gasteiger partial charge in [0.2, 0.25) is 5.88 Å². The molecule has 1 atom stereocenters. The van der Waals surface area contributed by atoms with Crippen LogP contribution in [0, 0.1) is 11.3 Å². The Hall–Kier alpha value is -3.40. The number of hydrogen-bond donors (Lipinski definition) is 1. The molecule has 3 aromatic rings. The number of rotatable bonds is 5. The second kappa shape index (κ2) is 10.5. The Bertz CT molecular complexity index is 1560. The molecule has 0 radical (unpaired) electrons. The van der Waals surface area contributed by atoms with Crippen LogP contribution >= 0.6 is 0 Å². The van der Waals surface area contributed by atoms with Crippen LogP contribution in [0.1, 0.15) is 81.6 Å². The minimum atomic E-state index is -4.07. The van der Waals surface area contributed by atoms with Gasteiger partial charge in [0.15, 0.2) is 5.82 Å². The Morgan fingerprint density at radius 1 is 1.10 bits per heavy atom. The first-order valence-corrected chi connectivity index (χ1v) is 16.1. The fourth-order valence-corrected chi connectivity index (χ4v) is 7.18. The molecule has 4 bridgehead atoms. The third-order valence-corrected chi connectivity index (χ3v) is 10.3. The number of fused-ring (bicyclic) bond motifs is 6. The number of aromatic nitrogens is 3. The van der Waals surface area contributed by atoms with Crippen molar-refractivity contribution >= 4 is 21.7 Å². The van der Waals surface area contributed by atoms with Crippen LogP contribution in [0.25, 0.3) is 5.82 Å². The molecular weight excluding hydrogens is 538 g/mol. The van der Waals surface area contributed by atoms with Crippen molar-refractivity contribution in [2.75, 3.05) is 18.1 Å². The van der Waals surface area contributed by atoms with Crippen LogP contribution in [0.5, 0.6) is 5.88 Å². The van der Waals surface area contributed by atoms with Gasteiger partial charge in [0.1, 0.15) is 5.82 Å². The molecule has 0 spiro atoms. The molecule has 2 aromatic heterocycles. The first-order valence-electron chi connectivity index (χ1n) is 14.7. The monoisotopic (exact) mass is 577 g/mol. The Labute approximate surface area is 242 Å². The van der Waals surface area contributed by atoms with Crippen LogP contribution in [0.15, 0.2) is 53.6 Å². The molecular formula is C31H39N5O4S. The summed E-state index contributed by atoms with van der Waals surface area (Å²) in [7, 11) is -4.07. The second-order valence-corrected chi connectivity index (χ2v) is 14.6. The number of nitrogens with one attached hydrogen (secondary N) is 1. The molecule has 1 amide bonds. The highest BCUT2D eigenvalue weighted by Gasteiger charge is 2.41. The molecule has 6 rings (SSSR count). The predicted molar refractivity (Wildman–Crippen MR) is 157 cm³/mol. The van der Waals surface area contributed by atoms with Gasteiger partial charge in [-0.05, 0) is 100.0 Å². The SMILES string of the molecule is CC1(CCOc2ccn(-c3ccc4c(n3)N3CC(CCCCc5cccc(c5)S(=O)(=O)NC4=O)CC3(C)C)n2)CC1. The number of aryl methyl sites for hydroxylation is 1. The predicted octanol–water partition coefficient (Wildman–Crippen LogP) is 5.29. The van der Waals surface area contributed by atoms with Crippen molar-refractivity contribution in [3.8, 4) is 11.7 Å². The highest BCUT2D eigenvalue weighted by Crippen LogP contribution is 2.48. The van der Waals surface area contributed by atoms with E-state index in [1.807, 2.05) is 12.1 Å². The van der Waals surface area contributed by atoms with Crippen LogP contribution < -0.4 is 14.4 Å². The van der Waals surface area contributed by atoms with Gasteiger partial charge in [-0.15, -0.1) is 5.10 Å². The summed E-state index contributed by atoms with van der Waals surface area (Å²) in [5, 5.41) is 4.58. The number of anilines is 1. The van der Waals surface area contributed by atoms with E-state index >= 15 is 0 Å². The van der Waals surface area contributed by atoms with E-state index in [4.69, 9.17) is 9.72 Å². The second-order valence-electron chi connectivity index (χ2n) is 12.9. The van der Waals surface area contributed by atoms with Gasteiger partial charge in [-0.1, -0.05) is 25.5 Å². The maximum Gasteiger partial charge on any atom is 0.268 e. The number of pyridine rings is 1. The lowest BCUT2D eigenvalue weighted by atomic mass is 9.92. The van der Waals surface area contributed by atoms with E-state index in [9.17, 15) is 13.2 Å². The van der Waals surface area contributed by atoms with Crippen LogP contribution in [-0.2, 0) is 16.4 Å². The lowest BCUT2D eigenvalue weighted by molar-refractivity contribution is 0.0981. The summed E-state index contributed by atoms with van der Waals surface area (Å²) in [6, 6.07) is 12.0. The van der Waals surface area contributed by atoms with E-state index in [2.05, 4.69) is 35.5 Å². The van der Waals surface area contributed by atoms with Crippen molar-refractivity contribution in [3.63, 3.8) is 0 Å². The Balaban J connectivity index is 1.34. The summed E-state index contributed by atoms with van der Waals surface area (Å²) in [4.78, 5) is 20.8. The van der Waals surface area contributed by atoms with Crippen LogP contribution in [0.4, 0.5) is 5.82 Å². The number of carbonyl (C=O) groups is 1. The summed E-state index contributed by atoms with van der Waals surface area (Å²) in [5.74, 6) is 1.28. The smallest absolute Gasteiger partial charge is 0.268 e. The summed E-state index contributed by atoms with van der Waals surface area (Å²) in [5.41, 5.74) is 1.32. The van der Waals surface area contributed by atoms with E-state index in [0.29, 0.717) is 35.5 Å². The third kappa shape index (κ3) is 5.98. The summed E-state index contributed by atoms with van der Waals surface area (Å²) in [6.45, 7) is 7.96. The van der Waals surface area contributed by atoms with Crippen molar-refractivity contribution in [1.82, 2.24) is 19.5 Å². The zero-order chi connectivity index (χ0) is 28.8. The zero-order valence-electron chi connectivity index (χ0n) is 24.1. The van der Waals surface area contributed by atoms with Crippen LogP contribution in [-0.4, -0.2) is 47.8 Å². The van der Waals surface area contributed by atoms with Gasteiger partial charge in [0.25, 0.3) is 15.9 Å². The van der Waals surface area contributed by atoms with Gasteiger partial charge < -0.3 is 9.64 Å². The standard InChI is InChI=1S/C31H39N5O4S/c1-30(2)20-23-8-5-4-7-22-9-6-10-24(19-22)41(38,39)34-29(37)25-11-12-26(32-28(25)35(30)21-23)36-17-13-27(33-36)40-18-16-31(3)14-15-31/h6,9-13,17,19,23H,4-5,7-8,14-16,18,20-21H2,1-3H3,(H,34,37). The van der Waals surface area contributed by atoms with Gasteiger partial charge in [0, 0.05) is 24.3 Å². The van der Waals surface area contributed by atoms with Crippen molar-refractivity contribution in [2.45, 2.75) is 82.6 Å². The molecule has 1 unspecified atom stereocenters. The lowest BCUT2D eigenvalue weighted by Crippen LogP contribution is -2.41. The first-order chi connectivity index (χ1) is 19.5. The average molecular weight is 578 g/mol. The number of sulfonamides is 1. The van der Waals surface area contributed by atoms with Gasteiger partial charge >= 0.3 is 0 Å². The number of ether oxygens (including phenoxy) is 1. The minimum absolute atomic E-state index is 0.0891. The van der Waals surface area contributed by atoms with E-state index in [1.165, 1.54) is 18.9 Å². The van der Waals surface area contributed by atoms with Crippen LogP contribution in [0.3, 0.4) is 0 Å². The Morgan fingerprint density at radius 3 is 2.73 bits per heavy atom. The summed E-state index contributed by atoms with van der Waals surface area (Å²) in [6.07, 6.45) is 10.2. The van der Waals surface area contributed by atoms with E-state index < -0.39 is 15.9 Å². The highest BCUT2D eigenvalue weighted by atomic mass is 32.2. The lowest BCUT2D eigenvalue weighted by Gasteiger charge is -2.34. The molecule has 41 heavy (non-hydrogen) atoms. The molecule has 1 N–H and O–H groups in total. The van der Waals surface area contributed by atoms with Gasteiger partial charge in [-0.3, -0.25) is 4.79 Å². The fourth-order valence-electron chi connectivity index (χ4n) is 6.15. The molecule has 1 aliphatic carbocycles. The fraction of sp³-hybridized carbons (Fsp3) is 0.516. The maximum atomic E-state index is 13.6. The molecule has 4 heterocycles. The minimum Gasteiger partial charge on any atom is -0.477 e. The zero-order valence-corrected chi connectivity index (χ0v) is 24.9. The Kier molecular flexibility index (Phi) is 7.08. The van der Waals surface area contributed by atoms with E-state index in [0.717, 1.165) is 50.6 Å². The first kappa shape index (κ1) is 27.8. The molecule has 10 heteroatoms. The van der Waals surface area contributed by atoms with Gasteiger partial charge in [-0.2, -0.15) is 0 Å². The van der Waals surface area contributed by atoms with Crippen molar-refractivity contribution in [2.24, 2.45) is 11.3 Å². The van der Waals surface area contributed by atoms with Gasteiger partial charge in [-0.25, -0.2) is 22.8 Å². The molecule has 3 aliphatic rings. The normalized spacial score (nSPS) is 22.7. The molecule has 1 aromatic carbocycles. The number of hydrogen-bond acceptors (Lipinski definition) is 7. The van der Waals surface area contributed by atoms with Crippen molar-refractivity contribution in [3.05, 3.63) is 59.8 Å². The average Bonchev–Trinajstić information content (AvgIpc) is 3.33. The number of carbonyl (C=O) groups excluding carboxylic acids is 1. The van der Waals surface area contributed by atoms with Crippen LogP contribution in [0.2, 0.25) is 0 Å². The maximum absolute atomic E-state index is 13.6. The molecule has 1 saturated heterocycles. The van der Waals surface area contributed by atoms with E-state index in [1.54, 1.807) is 35.1 Å². The highest BCUT2D eigenvalue weighted by molar-refractivity contribution is 7.90. The molecule has 1 saturated carbocycles. The van der Waals surface area contributed by atoms with Crippen molar-refractivity contribution in [1.29, 1.82) is 0 Å². The quantitative estimate of drug-likeness (QED) is 0.439.